The standard InChI is InChI=1S/C15H16BrN3O/c1-2-6-19(14-5-3-4-13(17)8-14)15(20)11-7-12(16)10-18-9-11/h3-5,7-10H,2,6,17H2,1H3. The predicted molar refractivity (Wildman–Crippen MR) is 84.8 cm³/mol. The lowest BCUT2D eigenvalue weighted by atomic mass is 10.2. The number of nitrogens with zero attached hydrogens (tertiary/aromatic N) is 2. The summed E-state index contributed by atoms with van der Waals surface area (Å²) in [6.07, 6.45) is 4.09. The summed E-state index contributed by atoms with van der Waals surface area (Å²) < 4.78 is 0.785. The molecule has 0 unspecified atom stereocenters. The fraction of sp³-hybridized carbons (Fsp3) is 0.200. The zero-order valence-corrected chi connectivity index (χ0v) is 12.8. The van der Waals surface area contributed by atoms with Gasteiger partial charge in [0.15, 0.2) is 0 Å². The van der Waals surface area contributed by atoms with Gasteiger partial charge in [-0.2, -0.15) is 0 Å². The Morgan fingerprint density at radius 2 is 2.15 bits per heavy atom. The number of pyridine rings is 1. The lowest BCUT2D eigenvalue weighted by molar-refractivity contribution is 0.0986. The lowest BCUT2D eigenvalue weighted by Gasteiger charge is -2.22. The van der Waals surface area contributed by atoms with Gasteiger partial charge in [0, 0.05) is 34.8 Å². The highest BCUT2D eigenvalue weighted by molar-refractivity contribution is 9.10. The molecular formula is C15H16BrN3O. The molecule has 2 N–H and O–H groups in total. The van der Waals surface area contributed by atoms with E-state index in [0.29, 0.717) is 17.8 Å². The van der Waals surface area contributed by atoms with Crippen molar-refractivity contribution in [3.05, 3.63) is 52.8 Å². The molecule has 4 nitrogen and oxygen atoms in total. The molecule has 20 heavy (non-hydrogen) atoms. The van der Waals surface area contributed by atoms with E-state index in [1.54, 1.807) is 35.5 Å². The third-order valence-electron chi connectivity index (χ3n) is 2.83. The number of benzene rings is 1. The first-order chi connectivity index (χ1) is 9.61. The van der Waals surface area contributed by atoms with Gasteiger partial charge in [-0.3, -0.25) is 9.78 Å². The Kier molecular flexibility index (Phi) is 4.74. The number of aromatic nitrogens is 1. The number of halogens is 1. The average molecular weight is 334 g/mol. The molecule has 0 radical (unpaired) electrons. The van der Waals surface area contributed by atoms with Gasteiger partial charge in [-0.1, -0.05) is 13.0 Å². The molecule has 2 aromatic rings. The molecule has 0 aliphatic carbocycles. The minimum Gasteiger partial charge on any atom is -0.399 e. The summed E-state index contributed by atoms with van der Waals surface area (Å²) in [6, 6.07) is 9.11. The number of nitrogens with two attached hydrogens (primary N) is 1. The molecule has 0 atom stereocenters. The van der Waals surface area contributed by atoms with Crippen LogP contribution in [0.2, 0.25) is 0 Å². The topological polar surface area (TPSA) is 59.2 Å². The van der Waals surface area contributed by atoms with E-state index >= 15 is 0 Å². The number of anilines is 2. The van der Waals surface area contributed by atoms with Crippen molar-refractivity contribution in [3.63, 3.8) is 0 Å². The summed E-state index contributed by atoms with van der Waals surface area (Å²) in [7, 11) is 0. The Morgan fingerprint density at radius 3 is 2.80 bits per heavy atom. The van der Waals surface area contributed by atoms with Crippen LogP contribution in [0.25, 0.3) is 0 Å². The second-order valence-corrected chi connectivity index (χ2v) is 5.36. The number of nitrogen functional groups attached to an aromatic ring is 1. The molecule has 0 saturated carbocycles. The quantitative estimate of drug-likeness (QED) is 0.871. The summed E-state index contributed by atoms with van der Waals surface area (Å²) >= 11 is 3.33. The van der Waals surface area contributed by atoms with E-state index in [1.807, 2.05) is 19.1 Å². The van der Waals surface area contributed by atoms with E-state index in [-0.39, 0.29) is 5.91 Å². The molecule has 104 valence electrons. The molecule has 1 aromatic heterocycles. The van der Waals surface area contributed by atoms with Crippen LogP contribution in [0.4, 0.5) is 11.4 Å². The van der Waals surface area contributed by atoms with E-state index in [9.17, 15) is 4.79 Å². The summed E-state index contributed by atoms with van der Waals surface area (Å²) in [6.45, 7) is 2.67. The van der Waals surface area contributed by atoms with Gasteiger partial charge in [0.25, 0.3) is 5.91 Å². The molecule has 1 amide bonds. The maximum atomic E-state index is 12.6. The van der Waals surface area contributed by atoms with Gasteiger partial charge in [0.05, 0.1) is 5.56 Å². The smallest absolute Gasteiger partial charge is 0.259 e. The second kappa shape index (κ2) is 6.52. The normalized spacial score (nSPS) is 10.3. The van der Waals surface area contributed by atoms with Crippen LogP contribution in [0.1, 0.15) is 23.7 Å². The Morgan fingerprint density at radius 1 is 1.35 bits per heavy atom. The van der Waals surface area contributed by atoms with Gasteiger partial charge in [-0.15, -0.1) is 0 Å². The molecular weight excluding hydrogens is 318 g/mol. The summed E-state index contributed by atoms with van der Waals surface area (Å²) in [5, 5.41) is 0. The van der Waals surface area contributed by atoms with Gasteiger partial charge in [-0.25, -0.2) is 0 Å². The number of carbonyl (C=O) groups is 1. The number of rotatable bonds is 4. The van der Waals surface area contributed by atoms with Crippen molar-refractivity contribution in [3.8, 4) is 0 Å². The molecule has 0 fully saturated rings. The van der Waals surface area contributed by atoms with Crippen molar-refractivity contribution in [2.45, 2.75) is 13.3 Å². The van der Waals surface area contributed by atoms with Crippen LogP contribution in [0, 0.1) is 0 Å². The Bertz CT molecular complexity index is 616. The van der Waals surface area contributed by atoms with Crippen LogP contribution >= 0.6 is 15.9 Å². The first kappa shape index (κ1) is 14.5. The molecule has 5 heteroatoms. The van der Waals surface area contributed by atoms with Crippen LogP contribution in [-0.4, -0.2) is 17.4 Å². The SMILES string of the molecule is CCCN(C(=O)c1cncc(Br)c1)c1cccc(N)c1. The Labute approximate surface area is 126 Å². The third-order valence-corrected chi connectivity index (χ3v) is 3.26. The molecule has 0 aliphatic heterocycles. The van der Waals surface area contributed by atoms with E-state index in [4.69, 9.17) is 5.73 Å². The van der Waals surface area contributed by atoms with Gasteiger partial charge < -0.3 is 10.6 Å². The Hall–Kier alpha value is -1.88. The molecule has 0 saturated heterocycles. The number of carbonyl (C=O) groups excluding carboxylic acids is 1. The lowest BCUT2D eigenvalue weighted by Crippen LogP contribution is -2.31. The number of amides is 1. The first-order valence-electron chi connectivity index (χ1n) is 6.39. The van der Waals surface area contributed by atoms with E-state index < -0.39 is 0 Å². The zero-order valence-electron chi connectivity index (χ0n) is 11.2. The number of hydrogen-bond acceptors (Lipinski definition) is 3. The van der Waals surface area contributed by atoms with Crippen molar-refractivity contribution >= 4 is 33.2 Å². The van der Waals surface area contributed by atoms with E-state index in [0.717, 1.165) is 16.6 Å². The molecule has 0 aliphatic rings. The third kappa shape index (κ3) is 3.36. The predicted octanol–water partition coefficient (Wildman–Crippen LogP) is 3.48. The molecule has 0 spiro atoms. The largest absolute Gasteiger partial charge is 0.399 e. The van der Waals surface area contributed by atoms with Crippen molar-refractivity contribution in [2.24, 2.45) is 0 Å². The maximum absolute atomic E-state index is 12.6. The maximum Gasteiger partial charge on any atom is 0.259 e. The molecule has 1 aromatic carbocycles. The fourth-order valence-corrected chi connectivity index (χ4v) is 2.31. The van der Waals surface area contributed by atoms with Gasteiger partial charge in [0.1, 0.15) is 0 Å². The van der Waals surface area contributed by atoms with Gasteiger partial charge in [-0.05, 0) is 46.6 Å². The minimum atomic E-state index is -0.0775. The highest BCUT2D eigenvalue weighted by Crippen LogP contribution is 2.21. The average Bonchev–Trinajstić information content (AvgIpc) is 2.44. The molecule has 0 bridgehead atoms. The number of hydrogen-bond donors (Lipinski definition) is 1. The van der Waals surface area contributed by atoms with E-state index in [1.165, 1.54) is 0 Å². The van der Waals surface area contributed by atoms with Gasteiger partial charge >= 0.3 is 0 Å². The van der Waals surface area contributed by atoms with Crippen LogP contribution in [0.15, 0.2) is 47.2 Å². The fourth-order valence-electron chi connectivity index (χ4n) is 1.95. The van der Waals surface area contributed by atoms with Crippen LogP contribution < -0.4 is 10.6 Å². The second-order valence-electron chi connectivity index (χ2n) is 4.44. The molecule has 1 heterocycles. The monoisotopic (exact) mass is 333 g/mol. The van der Waals surface area contributed by atoms with Crippen molar-refractivity contribution in [1.82, 2.24) is 4.98 Å². The first-order valence-corrected chi connectivity index (χ1v) is 7.19. The van der Waals surface area contributed by atoms with Gasteiger partial charge in [0.2, 0.25) is 0 Å². The van der Waals surface area contributed by atoms with Crippen molar-refractivity contribution in [1.29, 1.82) is 0 Å². The highest BCUT2D eigenvalue weighted by Gasteiger charge is 2.17. The van der Waals surface area contributed by atoms with Crippen LogP contribution in [-0.2, 0) is 0 Å². The van der Waals surface area contributed by atoms with Crippen LogP contribution in [0.3, 0.4) is 0 Å². The Balaban J connectivity index is 2.35. The van der Waals surface area contributed by atoms with E-state index in [2.05, 4.69) is 20.9 Å². The highest BCUT2D eigenvalue weighted by atomic mass is 79.9. The molecule has 2 rings (SSSR count). The summed E-state index contributed by atoms with van der Waals surface area (Å²) in [4.78, 5) is 18.4. The van der Waals surface area contributed by atoms with Crippen molar-refractivity contribution in [2.75, 3.05) is 17.2 Å². The minimum absolute atomic E-state index is 0.0775. The van der Waals surface area contributed by atoms with Crippen LogP contribution in [0.5, 0.6) is 0 Å². The zero-order chi connectivity index (χ0) is 14.5. The summed E-state index contributed by atoms with van der Waals surface area (Å²) in [5.41, 5.74) is 7.79. The van der Waals surface area contributed by atoms with Crippen molar-refractivity contribution < 1.29 is 4.79 Å². The summed E-state index contributed by atoms with van der Waals surface area (Å²) in [5.74, 6) is -0.0775.